The van der Waals surface area contributed by atoms with Gasteiger partial charge in [0.05, 0.1) is 18.5 Å². The molecule has 0 aliphatic heterocycles. The average Bonchev–Trinajstić information content (AvgIpc) is 2.35. The standard InChI is InChI=1S/C11H17O5P/c1-15-10(14)8(3-5-12)7-9(4-6-13)11(17)16-2/h5-6,8-9,17H,3-4,7H2,1-2H3. The first-order valence-corrected chi connectivity index (χ1v) is 5.68. The van der Waals surface area contributed by atoms with E-state index in [-0.39, 0.29) is 18.8 Å². The smallest absolute Gasteiger partial charge is 0.309 e. The Kier molecular flexibility index (Phi) is 8.46. The molecule has 6 heteroatoms. The quantitative estimate of drug-likeness (QED) is 0.349. The second-order valence-electron chi connectivity index (χ2n) is 3.53. The zero-order valence-electron chi connectivity index (χ0n) is 9.97. The van der Waals surface area contributed by atoms with Gasteiger partial charge in [0.15, 0.2) is 0 Å². The third-order valence-corrected chi connectivity index (χ3v) is 3.07. The number of carbonyl (C=O) groups excluding carboxylic acids is 3. The van der Waals surface area contributed by atoms with Crippen LogP contribution in [0.25, 0.3) is 0 Å². The highest BCUT2D eigenvalue weighted by molar-refractivity contribution is 7.20. The van der Waals surface area contributed by atoms with Gasteiger partial charge < -0.3 is 19.1 Å². The van der Waals surface area contributed by atoms with Crippen molar-refractivity contribution in [3.63, 3.8) is 0 Å². The highest BCUT2D eigenvalue weighted by Crippen LogP contribution is 2.21. The van der Waals surface area contributed by atoms with Gasteiger partial charge >= 0.3 is 5.97 Å². The van der Waals surface area contributed by atoms with Gasteiger partial charge in [0, 0.05) is 25.9 Å². The van der Waals surface area contributed by atoms with Crippen LogP contribution in [0.2, 0.25) is 0 Å². The lowest BCUT2D eigenvalue weighted by atomic mass is 9.91. The molecule has 0 aromatic heterocycles. The number of carbonyl (C=O) groups is 3. The lowest BCUT2D eigenvalue weighted by molar-refractivity contribution is -0.147. The third-order valence-electron chi connectivity index (χ3n) is 2.46. The Bertz CT molecular complexity index is 262. The van der Waals surface area contributed by atoms with E-state index >= 15 is 0 Å². The number of rotatable bonds is 9. The second kappa shape index (κ2) is 9.02. The number of ether oxygens (including phenoxy) is 2. The Balaban J connectivity index is 4.65. The Morgan fingerprint density at radius 1 is 1.12 bits per heavy atom. The van der Waals surface area contributed by atoms with Crippen molar-refractivity contribution in [1.29, 1.82) is 0 Å². The SMILES string of the molecule is COC(=O)C(CC=O)CC(CC=O)C(=P)OC. The fraction of sp³-hybridized carbons (Fsp3) is 0.636. The molecular weight excluding hydrogens is 243 g/mol. The normalized spacial score (nSPS) is 13.5. The van der Waals surface area contributed by atoms with E-state index in [1.807, 2.05) is 0 Å². The van der Waals surface area contributed by atoms with E-state index in [0.717, 1.165) is 6.29 Å². The molecule has 0 N–H and O–H groups in total. The molecule has 0 aliphatic carbocycles. The van der Waals surface area contributed by atoms with Gasteiger partial charge in [-0.1, -0.05) is 8.86 Å². The van der Waals surface area contributed by atoms with Crippen LogP contribution in [0.1, 0.15) is 19.3 Å². The molecule has 96 valence electrons. The number of esters is 1. The highest BCUT2D eigenvalue weighted by atomic mass is 31.0. The summed E-state index contributed by atoms with van der Waals surface area (Å²) in [4.78, 5) is 32.4. The molecule has 0 heterocycles. The van der Waals surface area contributed by atoms with E-state index in [1.165, 1.54) is 14.2 Å². The highest BCUT2D eigenvalue weighted by Gasteiger charge is 2.25. The Morgan fingerprint density at radius 2 is 1.65 bits per heavy atom. The van der Waals surface area contributed by atoms with Crippen LogP contribution in [0.15, 0.2) is 0 Å². The Labute approximate surface area is 103 Å². The first-order chi connectivity index (χ1) is 8.10. The number of hydrogen-bond donors (Lipinski definition) is 0. The monoisotopic (exact) mass is 260 g/mol. The lowest BCUT2D eigenvalue weighted by Crippen LogP contribution is -2.24. The van der Waals surface area contributed by atoms with Crippen LogP contribution in [0.4, 0.5) is 0 Å². The molecule has 0 amide bonds. The van der Waals surface area contributed by atoms with Crippen molar-refractivity contribution in [2.24, 2.45) is 11.8 Å². The predicted molar refractivity (Wildman–Crippen MR) is 65.3 cm³/mol. The van der Waals surface area contributed by atoms with Crippen LogP contribution in [0.3, 0.4) is 0 Å². The van der Waals surface area contributed by atoms with Crippen LogP contribution in [-0.2, 0) is 23.9 Å². The van der Waals surface area contributed by atoms with E-state index < -0.39 is 11.9 Å². The number of hydrogen-bond acceptors (Lipinski definition) is 5. The van der Waals surface area contributed by atoms with Crippen molar-refractivity contribution in [1.82, 2.24) is 0 Å². The second-order valence-corrected chi connectivity index (χ2v) is 4.02. The molecule has 2 unspecified atom stereocenters. The Morgan fingerprint density at radius 3 is 2.06 bits per heavy atom. The zero-order valence-corrected chi connectivity index (χ0v) is 11.0. The molecule has 0 radical (unpaired) electrons. The van der Waals surface area contributed by atoms with E-state index in [0.29, 0.717) is 18.2 Å². The molecule has 0 saturated heterocycles. The fourth-order valence-corrected chi connectivity index (χ4v) is 1.74. The van der Waals surface area contributed by atoms with Gasteiger partial charge in [-0.25, -0.2) is 0 Å². The fourth-order valence-electron chi connectivity index (χ4n) is 1.51. The van der Waals surface area contributed by atoms with Crippen molar-refractivity contribution in [3.05, 3.63) is 0 Å². The first-order valence-electron chi connectivity index (χ1n) is 5.18. The first kappa shape index (κ1) is 15.9. The summed E-state index contributed by atoms with van der Waals surface area (Å²) in [7, 11) is 5.98. The maximum atomic E-state index is 11.4. The van der Waals surface area contributed by atoms with E-state index in [1.54, 1.807) is 0 Å². The van der Waals surface area contributed by atoms with Crippen LogP contribution in [-0.4, -0.2) is 38.2 Å². The maximum Gasteiger partial charge on any atom is 0.309 e. The zero-order chi connectivity index (χ0) is 13.3. The number of aldehydes is 2. The van der Waals surface area contributed by atoms with Gasteiger partial charge in [0.2, 0.25) is 0 Å². The van der Waals surface area contributed by atoms with E-state index in [9.17, 15) is 14.4 Å². The minimum Gasteiger partial charge on any atom is -0.469 e. The largest absolute Gasteiger partial charge is 0.469 e. The summed E-state index contributed by atoms with van der Waals surface area (Å²) < 4.78 is 9.59. The minimum atomic E-state index is -0.552. The van der Waals surface area contributed by atoms with E-state index in [2.05, 4.69) is 13.6 Å². The summed E-state index contributed by atoms with van der Waals surface area (Å²) in [6, 6.07) is 0. The molecule has 0 bridgehead atoms. The summed E-state index contributed by atoms with van der Waals surface area (Å²) in [5, 5.41) is 0. The molecule has 2 atom stereocenters. The van der Waals surface area contributed by atoms with Gasteiger partial charge in [0.1, 0.15) is 12.6 Å². The molecule has 0 fully saturated rings. The molecule has 0 rings (SSSR count). The number of methoxy groups -OCH3 is 2. The molecule has 0 saturated carbocycles. The third kappa shape index (κ3) is 5.71. The van der Waals surface area contributed by atoms with Crippen molar-refractivity contribution in [3.8, 4) is 0 Å². The van der Waals surface area contributed by atoms with Crippen molar-refractivity contribution >= 4 is 32.9 Å². The summed E-state index contributed by atoms with van der Waals surface area (Å²) >= 11 is 0. The van der Waals surface area contributed by atoms with Crippen molar-refractivity contribution in [2.45, 2.75) is 19.3 Å². The summed E-state index contributed by atoms with van der Waals surface area (Å²) in [5.41, 5.74) is 0.483. The summed E-state index contributed by atoms with van der Waals surface area (Å²) in [6.45, 7) is 0. The van der Waals surface area contributed by atoms with Gasteiger partial charge in [-0.05, 0) is 6.42 Å². The lowest BCUT2D eigenvalue weighted by Gasteiger charge is -2.19. The van der Waals surface area contributed by atoms with Crippen LogP contribution in [0, 0.1) is 11.8 Å². The van der Waals surface area contributed by atoms with Gasteiger partial charge in [-0.2, -0.15) is 0 Å². The van der Waals surface area contributed by atoms with Gasteiger partial charge in [-0.15, -0.1) is 0 Å². The van der Waals surface area contributed by atoms with Crippen molar-refractivity contribution in [2.75, 3.05) is 14.2 Å². The summed E-state index contributed by atoms with van der Waals surface area (Å²) in [5.74, 6) is -1.26. The maximum absolute atomic E-state index is 11.4. The Hall–Kier alpha value is -1.06. The summed E-state index contributed by atoms with van der Waals surface area (Å²) in [6.07, 6.45) is 2.04. The van der Waals surface area contributed by atoms with Gasteiger partial charge in [0.25, 0.3) is 0 Å². The molecule has 0 aromatic carbocycles. The average molecular weight is 260 g/mol. The van der Waals surface area contributed by atoms with Crippen molar-refractivity contribution < 1.29 is 23.9 Å². The molecule has 0 aliphatic rings. The van der Waals surface area contributed by atoms with Crippen LogP contribution >= 0.6 is 8.86 Å². The molecule has 0 spiro atoms. The molecular formula is C11H17O5P. The molecule has 0 aromatic rings. The van der Waals surface area contributed by atoms with Crippen LogP contribution < -0.4 is 0 Å². The van der Waals surface area contributed by atoms with Crippen LogP contribution in [0.5, 0.6) is 0 Å². The topological polar surface area (TPSA) is 69.7 Å². The van der Waals surface area contributed by atoms with Gasteiger partial charge in [-0.3, -0.25) is 4.79 Å². The minimum absolute atomic E-state index is 0.0746. The van der Waals surface area contributed by atoms with E-state index in [4.69, 9.17) is 4.74 Å². The molecule has 5 nitrogen and oxygen atoms in total. The predicted octanol–water partition coefficient (Wildman–Crippen LogP) is 0.879. The molecule has 17 heavy (non-hydrogen) atoms.